The molecule has 2 amide bonds. The Morgan fingerprint density at radius 1 is 0.971 bits per heavy atom. The second kappa shape index (κ2) is 8.41. The van der Waals surface area contributed by atoms with E-state index in [4.69, 9.17) is 16.3 Å². The Morgan fingerprint density at radius 2 is 1.62 bits per heavy atom. The first kappa shape index (κ1) is 23.7. The van der Waals surface area contributed by atoms with Crippen molar-refractivity contribution in [3.8, 4) is 5.75 Å². The number of carbonyl (C=O) groups excluding carboxylic acids is 2. The number of carbonyl (C=O) groups is 2. The molecular weight excluding hydrogens is 478 g/mol. The van der Waals surface area contributed by atoms with Crippen LogP contribution in [-0.2, 0) is 15.4 Å². The number of aromatic nitrogens is 1. The lowest BCUT2D eigenvalue weighted by atomic mass is 9.87. The van der Waals surface area contributed by atoms with Crippen LogP contribution in [0.2, 0.25) is 5.02 Å². The van der Waals surface area contributed by atoms with Crippen LogP contribution in [0.5, 0.6) is 5.75 Å². The van der Waals surface area contributed by atoms with E-state index < -0.39 is 21.8 Å². The number of fused-ring (bicyclic) bond motifs is 1. The van der Waals surface area contributed by atoms with E-state index in [9.17, 15) is 18.0 Å². The van der Waals surface area contributed by atoms with Crippen molar-refractivity contribution < 1.29 is 22.7 Å². The number of anilines is 2. The van der Waals surface area contributed by atoms with E-state index in [0.717, 1.165) is 10.5 Å². The molecule has 8 nitrogen and oxygen atoms in total. The first-order chi connectivity index (χ1) is 16.0. The molecule has 1 N–H and O–H groups in total. The Bertz CT molecular complexity index is 1410. The molecule has 0 unspecified atom stereocenters. The first-order valence-electron chi connectivity index (χ1n) is 10.3. The minimum Gasteiger partial charge on any atom is -0.493 e. The number of sulfonamides is 1. The van der Waals surface area contributed by atoms with Crippen LogP contribution in [-0.4, -0.2) is 32.3 Å². The summed E-state index contributed by atoms with van der Waals surface area (Å²) in [5.74, 6) is -1.30. The van der Waals surface area contributed by atoms with E-state index in [-0.39, 0.29) is 43.7 Å². The molecule has 0 radical (unpaired) electrons. The Balaban J connectivity index is 1.75. The van der Waals surface area contributed by atoms with Gasteiger partial charge in [0.15, 0.2) is 11.6 Å². The van der Waals surface area contributed by atoms with Crippen molar-refractivity contribution >= 4 is 44.9 Å². The largest absolute Gasteiger partial charge is 0.493 e. The van der Waals surface area contributed by atoms with Gasteiger partial charge in [0.05, 0.1) is 33.8 Å². The second-order valence-corrected chi connectivity index (χ2v) is 10.8. The lowest BCUT2D eigenvalue weighted by Crippen LogP contribution is -2.30. The molecule has 0 bridgehead atoms. The summed E-state index contributed by atoms with van der Waals surface area (Å²) in [6.07, 6.45) is 1.41. The van der Waals surface area contributed by atoms with Gasteiger partial charge in [-0.2, -0.15) is 0 Å². The quantitative estimate of drug-likeness (QED) is 0.512. The predicted octanol–water partition coefficient (Wildman–Crippen LogP) is 4.64. The lowest BCUT2D eigenvalue weighted by molar-refractivity contribution is 0.0924. The summed E-state index contributed by atoms with van der Waals surface area (Å²) in [5.41, 5.74) is 0.507. The minimum absolute atomic E-state index is 0.0150. The molecule has 34 heavy (non-hydrogen) atoms. The van der Waals surface area contributed by atoms with Crippen molar-refractivity contribution in [3.63, 3.8) is 0 Å². The summed E-state index contributed by atoms with van der Waals surface area (Å²) in [5, 5.41) is 0.0169. The molecule has 0 fully saturated rings. The maximum atomic E-state index is 13.3. The number of imide groups is 1. The Labute approximate surface area is 202 Å². The number of benzene rings is 2. The highest BCUT2D eigenvalue weighted by atomic mass is 35.5. The van der Waals surface area contributed by atoms with Gasteiger partial charge in [0.2, 0.25) is 0 Å². The molecule has 4 rings (SSSR count). The number of hydrogen-bond acceptors (Lipinski definition) is 6. The van der Waals surface area contributed by atoms with Crippen molar-refractivity contribution in [2.45, 2.75) is 31.1 Å². The van der Waals surface area contributed by atoms with E-state index in [0.29, 0.717) is 0 Å². The average molecular weight is 500 g/mol. The van der Waals surface area contributed by atoms with E-state index in [1.807, 2.05) is 20.8 Å². The van der Waals surface area contributed by atoms with Crippen molar-refractivity contribution in [3.05, 3.63) is 76.4 Å². The molecule has 176 valence electrons. The fraction of sp³-hybridized carbons (Fsp3) is 0.208. The van der Waals surface area contributed by atoms with Crippen LogP contribution in [0, 0.1) is 0 Å². The Morgan fingerprint density at radius 3 is 2.24 bits per heavy atom. The summed E-state index contributed by atoms with van der Waals surface area (Å²) in [6, 6.07) is 12.3. The van der Waals surface area contributed by atoms with Crippen molar-refractivity contribution in [2.24, 2.45) is 0 Å². The van der Waals surface area contributed by atoms with E-state index >= 15 is 0 Å². The van der Waals surface area contributed by atoms with Crippen LogP contribution in [0.15, 0.2) is 59.6 Å². The number of rotatable bonds is 5. The SMILES string of the molecule is COc1cccnc1N1C(=O)c2c(Cl)ccc(NS(=O)(=O)c3ccc(C(C)(C)C)cc3)c2C1=O. The third-order valence-corrected chi connectivity index (χ3v) is 7.14. The van der Waals surface area contributed by atoms with Gasteiger partial charge in [-0.15, -0.1) is 0 Å². The topological polar surface area (TPSA) is 106 Å². The molecule has 0 saturated heterocycles. The zero-order chi connectivity index (χ0) is 24.8. The number of hydrogen-bond donors (Lipinski definition) is 1. The molecule has 10 heteroatoms. The van der Waals surface area contributed by atoms with Crippen LogP contribution in [0.4, 0.5) is 11.5 Å². The van der Waals surface area contributed by atoms with Gasteiger partial charge in [-0.1, -0.05) is 44.5 Å². The zero-order valence-electron chi connectivity index (χ0n) is 18.9. The second-order valence-electron chi connectivity index (χ2n) is 8.70. The summed E-state index contributed by atoms with van der Waals surface area (Å²) in [6.45, 7) is 6.07. The molecular formula is C24H22ClN3O5S. The van der Waals surface area contributed by atoms with Gasteiger partial charge in [0.1, 0.15) is 0 Å². The van der Waals surface area contributed by atoms with E-state index in [1.54, 1.807) is 24.3 Å². The number of ether oxygens (including phenoxy) is 1. The van der Waals surface area contributed by atoms with Gasteiger partial charge in [0, 0.05) is 6.20 Å². The van der Waals surface area contributed by atoms with Crippen LogP contribution < -0.4 is 14.4 Å². The predicted molar refractivity (Wildman–Crippen MR) is 129 cm³/mol. The first-order valence-corrected chi connectivity index (χ1v) is 12.2. The number of methoxy groups -OCH3 is 1. The van der Waals surface area contributed by atoms with Crippen LogP contribution in [0.25, 0.3) is 0 Å². The fourth-order valence-electron chi connectivity index (χ4n) is 3.65. The molecule has 2 aromatic carbocycles. The number of nitrogens with zero attached hydrogens (tertiary/aromatic N) is 2. The number of pyridine rings is 1. The van der Waals surface area contributed by atoms with Crippen LogP contribution in [0.1, 0.15) is 47.1 Å². The highest BCUT2D eigenvalue weighted by Gasteiger charge is 2.43. The normalized spacial score (nSPS) is 13.7. The monoisotopic (exact) mass is 499 g/mol. The summed E-state index contributed by atoms with van der Waals surface area (Å²) >= 11 is 6.25. The number of nitrogens with one attached hydrogen (secondary N) is 1. The van der Waals surface area contributed by atoms with Gasteiger partial charge in [-0.05, 0) is 47.4 Å². The van der Waals surface area contributed by atoms with Gasteiger partial charge >= 0.3 is 0 Å². The van der Waals surface area contributed by atoms with Gasteiger partial charge in [0.25, 0.3) is 21.8 Å². The lowest BCUT2D eigenvalue weighted by Gasteiger charge is -2.19. The molecule has 1 aromatic heterocycles. The van der Waals surface area contributed by atoms with E-state index in [2.05, 4.69) is 9.71 Å². The molecule has 1 aliphatic rings. The molecule has 0 spiro atoms. The highest BCUT2D eigenvalue weighted by molar-refractivity contribution is 7.92. The summed E-state index contributed by atoms with van der Waals surface area (Å²) in [4.78, 5) is 31.5. The van der Waals surface area contributed by atoms with E-state index in [1.165, 1.54) is 37.6 Å². The maximum absolute atomic E-state index is 13.3. The minimum atomic E-state index is -4.06. The molecule has 0 aliphatic carbocycles. The molecule has 0 saturated carbocycles. The Kier molecular flexibility index (Phi) is 5.87. The smallest absolute Gasteiger partial charge is 0.269 e. The Hall–Kier alpha value is -3.43. The number of amides is 2. The van der Waals surface area contributed by atoms with Crippen molar-refractivity contribution in [2.75, 3.05) is 16.7 Å². The zero-order valence-corrected chi connectivity index (χ0v) is 20.5. The van der Waals surface area contributed by atoms with Crippen LogP contribution in [0.3, 0.4) is 0 Å². The number of halogens is 1. The fourth-order valence-corrected chi connectivity index (χ4v) is 4.96. The van der Waals surface area contributed by atoms with Crippen LogP contribution >= 0.6 is 11.6 Å². The summed E-state index contributed by atoms with van der Waals surface area (Å²) in [7, 11) is -2.68. The maximum Gasteiger partial charge on any atom is 0.269 e. The molecule has 0 atom stereocenters. The standard InChI is InChI=1S/C24H22ClN3O5S/c1-24(2,3)14-7-9-15(10-8-14)34(31,32)27-17-12-11-16(25)19-20(17)23(30)28(22(19)29)21-18(33-4)6-5-13-26-21/h5-13,27H,1-4H3. The van der Waals surface area contributed by atoms with Gasteiger partial charge < -0.3 is 4.74 Å². The van der Waals surface area contributed by atoms with Crippen molar-refractivity contribution in [1.29, 1.82) is 0 Å². The van der Waals surface area contributed by atoms with Gasteiger partial charge in [-0.3, -0.25) is 14.3 Å². The average Bonchev–Trinajstić information content (AvgIpc) is 3.06. The summed E-state index contributed by atoms with van der Waals surface area (Å²) < 4.78 is 33.9. The molecule has 3 aromatic rings. The molecule has 1 aliphatic heterocycles. The third kappa shape index (κ3) is 4.01. The van der Waals surface area contributed by atoms with Crippen molar-refractivity contribution in [1.82, 2.24) is 4.98 Å². The molecule has 2 heterocycles. The highest BCUT2D eigenvalue weighted by Crippen LogP contribution is 2.39. The third-order valence-electron chi connectivity index (χ3n) is 5.45. The van der Waals surface area contributed by atoms with Gasteiger partial charge in [-0.25, -0.2) is 18.3 Å².